The second-order valence-corrected chi connectivity index (χ2v) is 9.20. The molecule has 0 aliphatic carbocycles. The predicted octanol–water partition coefficient (Wildman–Crippen LogP) is 5.11. The molecule has 0 N–H and O–H groups in total. The Balaban J connectivity index is -0.000000242. The lowest BCUT2D eigenvalue weighted by Gasteiger charge is -2.38. The van der Waals surface area contributed by atoms with Crippen molar-refractivity contribution in [3.05, 3.63) is 0 Å². The zero-order valence-electron chi connectivity index (χ0n) is 11.5. The number of hydrogen-bond donors (Lipinski definition) is 0. The van der Waals surface area contributed by atoms with E-state index in [4.69, 9.17) is 0 Å². The summed E-state index contributed by atoms with van der Waals surface area (Å²) in [5, 5.41) is 1.02. The first-order valence-electron chi connectivity index (χ1n) is 4.77. The van der Waals surface area contributed by atoms with Gasteiger partial charge >= 0.3 is 8.68 Å². The van der Waals surface area contributed by atoms with E-state index in [1.54, 1.807) is 0 Å². The summed E-state index contributed by atoms with van der Waals surface area (Å²) < 4.78 is 39.0. The van der Waals surface area contributed by atoms with Gasteiger partial charge in [-0.15, -0.1) is 0 Å². The Morgan fingerprint density at radius 3 is 0.933 bits per heavy atom. The molecule has 0 spiro atoms. The van der Waals surface area contributed by atoms with Crippen molar-refractivity contribution in [3.8, 4) is 0 Å². The normalized spacial score (nSPS) is 13.6. The molecule has 0 rings (SSSR count). The predicted molar refractivity (Wildman–Crippen MR) is 63.6 cm³/mol. The first-order chi connectivity index (χ1) is 6.15. The van der Waals surface area contributed by atoms with Crippen LogP contribution in [0.25, 0.3) is 0 Å². The molecule has 6 heteroatoms. The standard InChI is InChI=1S/C9H21P.BF4/c1-8(2,3)10(7)9(4,5)6;2-1(3,4)5/h1-7H3;/q;-1/p+1. The maximum Gasteiger partial charge on any atom is 1.00 e. The third kappa shape index (κ3) is 14.2. The van der Waals surface area contributed by atoms with Crippen LogP contribution in [0.5, 0.6) is 0 Å². The Morgan fingerprint density at radius 2 is 0.933 bits per heavy atom. The lowest BCUT2D eigenvalue weighted by Crippen LogP contribution is -2.23. The lowest BCUT2D eigenvalue weighted by atomic mass is 10.2. The highest BCUT2D eigenvalue weighted by Gasteiger charge is 2.29. The molecule has 0 bridgehead atoms. The second-order valence-electron chi connectivity index (χ2n) is 5.40. The summed E-state index contributed by atoms with van der Waals surface area (Å²) in [4.78, 5) is 0. The van der Waals surface area contributed by atoms with Crippen molar-refractivity contribution in [2.24, 2.45) is 0 Å². The van der Waals surface area contributed by atoms with E-state index in [0.717, 1.165) is 0 Å². The molecule has 0 aromatic rings. The highest BCUT2D eigenvalue weighted by Crippen LogP contribution is 2.55. The third-order valence-electron chi connectivity index (χ3n) is 2.01. The van der Waals surface area contributed by atoms with Crippen LogP contribution in [-0.4, -0.2) is 24.2 Å². The quantitative estimate of drug-likeness (QED) is 0.317. The number of hydrogen-bond acceptors (Lipinski definition) is 0. The van der Waals surface area contributed by atoms with Crippen molar-refractivity contribution in [2.75, 3.05) is 6.66 Å². The Bertz CT molecular complexity index is 163. The van der Waals surface area contributed by atoms with Crippen LogP contribution in [0.4, 0.5) is 17.3 Å². The molecule has 0 amide bonds. The second kappa shape index (κ2) is 5.52. The molecule has 0 atom stereocenters. The van der Waals surface area contributed by atoms with E-state index in [0.29, 0.717) is 10.3 Å². The van der Waals surface area contributed by atoms with Gasteiger partial charge in [0.25, 0.3) is 0 Å². The Morgan fingerprint density at radius 1 is 0.800 bits per heavy atom. The van der Waals surface area contributed by atoms with Gasteiger partial charge in [0.15, 0.2) is 0 Å². The van der Waals surface area contributed by atoms with E-state index in [2.05, 4.69) is 48.2 Å². The summed E-state index contributed by atoms with van der Waals surface area (Å²) in [5.74, 6) is 0. The third-order valence-corrected chi connectivity index (χ3v) is 6.04. The lowest BCUT2D eigenvalue weighted by molar-refractivity contribution is 0.368. The molecule has 94 valence electrons. The Hall–Kier alpha value is 0.215. The zero-order valence-corrected chi connectivity index (χ0v) is 11.4. The molecular formula is C9H22BF4P. The maximum absolute atomic E-state index is 9.75. The molecule has 15 heavy (non-hydrogen) atoms. The van der Waals surface area contributed by atoms with Crippen molar-refractivity contribution >= 4 is 15.2 Å². The van der Waals surface area contributed by atoms with E-state index in [-0.39, 0.29) is 9.35 Å². The van der Waals surface area contributed by atoms with E-state index < -0.39 is 7.25 Å². The highest BCUT2D eigenvalue weighted by molar-refractivity contribution is 7.60. The first kappa shape index (κ1) is 17.6. The minimum Gasteiger partial charge on any atom is -0.418 e. The smallest absolute Gasteiger partial charge is 0.418 e. The van der Waals surface area contributed by atoms with E-state index >= 15 is 0 Å². The van der Waals surface area contributed by atoms with Gasteiger partial charge in [-0.05, 0) is 17.0 Å². The topological polar surface area (TPSA) is 0 Å². The Labute approximate surface area is 93.2 Å². The largest absolute Gasteiger partial charge is 1.00 e. The first-order valence-corrected chi connectivity index (χ1v) is 6.56. The van der Waals surface area contributed by atoms with Gasteiger partial charge in [0.2, 0.25) is 0 Å². The summed E-state index contributed by atoms with van der Waals surface area (Å²) in [7, 11) is -5.86. The van der Waals surface area contributed by atoms with E-state index in [9.17, 15) is 17.3 Å². The van der Waals surface area contributed by atoms with Gasteiger partial charge in [-0.25, -0.2) is 0 Å². The van der Waals surface area contributed by atoms with Crippen LogP contribution in [0, 0.1) is 0 Å². The molecule has 0 aliphatic rings. The van der Waals surface area contributed by atoms with Gasteiger partial charge in [-0.3, -0.25) is 0 Å². The van der Waals surface area contributed by atoms with Gasteiger partial charge in [-0.1, -0.05) is 49.5 Å². The summed E-state index contributed by atoms with van der Waals surface area (Å²) >= 11 is 0. The van der Waals surface area contributed by atoms with Crippen molar-refractivity contribution < 1.29 is 18.7 Å². The fourth-order valence-corrected chi connectivity index (χ4v) is 3.02. The zero-order chi connectivity index (χ0) is 13.1. The van der Waals surface area contributed by atoms with Gasteiger partial charge < -0.3 is 17.3 Å². The van der Waals surface area contributed by atoms with Gasteiger partial charge in [0, 0.05) is 0 Å². The fraction of sp³-hybridized carbons (Fsp3) is 1.00. The summed E-state index contributed by atoms with van der Waals surface area (Å²) in [5.41, 5.74) is 0. The van der Waals surface area contributed by atoms with E-state index in [1.165, 1.54) is 0 Å². The van der Waals surface area contributed by atoms with Crippen LogP contribution >= 0.6 is 7.92 Å². The monoisotopic (exact) mass is 248 g/mol. The minimum atomic E-state index is -6.00. The molecule has 0 aromatic heterocycles. The van der Waals surface area contributed by atoms with Crippen LogP contribution in [0.2, 0.25) is 0 Å². The van der Waals surface area contributed by atoms with Crippen LogP contribution in [0.15, 0.2) is 0 Å². The summed E-state index contributed by atoms with van der Waals surface area (Å²) in [6.07, 6.45) is 0. The van der Waals surface area contributed by atoms with Crippen LogP contribution in [-0.2, 0) is 0 Å². The van der Waals surface area contributed by atoms with Crippen molar-refractivity contribution in [1.29, 1.82) is 0 Å². The minimum absolute atomic E-state index is 0. The SMILES string of the molecule is CP(C(C)(C)C)C(C)(C)C.F[B-](F)(F)F.[H+]. The molecule has 0 radical (unpaired) electrons. The van der Waals surface area contributed by atoms with Gasteiger partial charge in [0.1, 0.15) is 0 Å². The maximum atomic E-state index is 9.75. The molecule has 0 heterocycles. The van der Waals surface area contributed by atoms with Gasteiger partial charge in [0.05, 0.1) is 0 Å². The molecule has 0 aromatic carbocycles. The number of rotatable bonds is 0. The Kier molecular flexibility index (Phi) is 6.47. The van der Waals surface area contributed by atoms with E-state index in [1.807, 2.05) is 0 Å². The molecule has 0 saturated carbocycles. The molecular weight excluding hydrogens is 226 g/mol. The van der Waals surface area contributed by atoms with Crippen molar-refractivity contribution in [1.82, 2.24) is 0 Å². The van der Waals surface area contributed by atoms with Gasteiger partial charge in [-0.2, -0.15) is 0 Å². The summed E-state index contributed by atoms with van der Waals surface area (Å²) in [6.45, 7) is 16.4. The average Bonchev–Trinajstić information content (AvgIpc) is 1.77. The van der Waals surface area contributed by atoms with Crippen molar-refractivity contribution in [2.45, 2.75) is 51.9 Å². The van der Waals surface area contributed by atoms with Crippen LogP contribution in [0.3, 0.4) is 0 Å². The van der Waals surface area contributed by atoms with Crippen molar-refractivity contribution in [3.63, 3.8) is 0 Å². The average molecular weight is 248 g/mol. The van der Waals surface area contributed by atoms with Crippen LogP contribution < -0.4 is 0 Å². The molecule has 0 fully saturated rings. The number of halogens is 4. The van der Waals surface area contributed by atoms with Crippen LogP contribution in [0.1, 0.15) is 43.0 Å². The molecule has 0 saturated heterocycles. The molecule has 0 aliphatic heterocycles. The summed E-state index contributed by atoms with van der Waals surface area (Å²) in [6, 6.07) is 0. The molecule has 0 nitrogen and oxygen atoms in total. The fourth-order valence-electron chi connectivity index (χ4n) is 1.01. The highest BCUT2D eigenvalue weighted by atomic mass is 31.1. The molecule has 0 unspecified atom stereocenters.